The van der Waals surface area contributed by atoms with Crippen LogP contribution in [-0.2, 0) is 22.4 Å². The summed E-state index contributed by atoms with van der Waals surface area (Å²) in [5, 5.41) is 3.20. The number of ether oxygens (including phenoxy) is 5. The fourth-order valence-electron chi connectivity index (χ4n) is 2.92. The number of aromatic nitrogens is 2. The minimum atomic E-state index is -0.597. The van der Waals surface area contributed by atoms with Crippen molar-refractivity contribution in [1.29, 1.82) is 0 Å². The van der Waals surface area contributed by atoms with Crippen LogP contribution < -0.4 is 18.9 Å². The van der Waals surface area contributed by atoms with Crippen molar-refractivity contribution in [3.63, 3.8) is 0 Å². The molecular formula is C24H27ClN2O8. The van der Waals surface area contributed by atoms with Crippen LogP contribution in [0.1, 0.15) is 34.6 Å². The molecule has 0 bridgehead atoms. The minimum absolute atomic E-state index is 0.0765. The maximum absolute atomic E-state index is 11.5. The number of rotatable bonds is 10. The molecule has 0 spiro atoms. The van der Waals surface area contributed by atoms with Crippen LogP contribution in [0.15, 0.2) is 40.9 Å². The number of methoxy groups -OCH3 is 4. The van der Waals surface area contributed by atoms with Gasteiger partial charge in [0.25, 0.3) is 5.82 Å². The molecule has 35 heavy (non-hydrogen) atoms. The number of esters is 1. The molecule has 3 aromatic rings. The van der Waals surface area contributed by atoms with E-state index in [0.29, 0.717) is 35.3 Å². The van der Waals surface area contributed by atoms with Crippen LogP contribution in [0.5, 0.6) is 23.0 Å². The first-order chi connectivity index (χ1) is 16.8. The quantitative estimate of drug-likeness (QED) is 0.296. The van der Waals surface area contributed by atoms with Crippen LogP contribution in [0, 0.1) is 0 Å². The maximum atomic E-state index is 11.5. The van der Waals surface area contributed by atoms with Gasteiger partial charge in [-0.15, -0.1) is 0 Å². The summed E-state index contributed by atoms with van der Waals surface area (Å²) in [6.45, 7) is 1.97. The Morgan fingerprint density at radius 1 is 0.857 bits per heavy atom. The van der Waals surface area contributed by atoms with E-state index in [2.05, 4.69) is 10.1 Å². The highest BCUT2D eigenvalue weighted by Crippen LogP contribution is 2.29. The zero-order chi connectivity index (χ0) is 25.8. The largest absolute Gasteiger partial charge is 0.493 e. The van der Waals surface area contributed by atoms with Gasteiger partial charge in [0, 0.05) is 6.42 Å². The molecule has 0 radical (unpaired) electrons. The summed E-state index contributed by atoms with van der Waals surface area (Å²) < 4.78 is 30.4. The molecule has 0 N–H and O–H groups in total. The molecule has 0 aliphatic heterocycles. The minimum Gasteiger partial charge on any atom is -0.493 e. The van der Waals surface area contributed by atoms with Crippen molar-refractivity contribution < 1.29 is 37.8 Å². The van der Waals surface area contributed by atoms with Crippen molar-refractivity contribution in [2.75, 3.05) is 35.0 Å². The smallest absolute Gasteiger partial charge is 0.379 e. The van der Waals surface area contributed by atoms with Crippen molar-refractivity contribution in [2.24, 2.45) is 0 Å². The fraction of sp³-hybridized carbons (Fsp3) is 0.333. The van der Waals surface area contributed by atoms with Crippen molar-refractivity contribution in [2.45, 2.75) is 19.8 Å². The molecule has 0 saturated carbocycles. The van der Waals surface area contributed by atoms with Gasteiger partial charge in [0.2, 0.25) is 11.1 Å². The Balaban J connectivity index is 0.000000269. The third-order valence-corrected chi connectivity index (χ3v) is 4.65. The van der Waals surface area contributed by atoms with Crippen molar-refractivity contribution in [1.82, 2.24) is 10.1 Å². The molecule has 0 aliphatic carbocycles. The summed E-state index contributed by atoms with van der Waals surface area (Å²) >= 11 is 5.27. The van der Waals surface area contributed by atoms with E-state index in [0.717, 1.165) is 11.1 Å². The number of nitrogens with zero attached hydrogens (tertiary/aromatic N) is 2. The SMILES string of the molecule is CCOC(=O)c1noc(Cc2ccc(OC)c(OC)c2)n1.COc1ccc(CC(=O)Cl)cc1OC. The fourth-order valence-corrected chi connectivity index (χ4v) is 3.08. The van der Waals surface area contributed by atoms with E-state index >= 15 is 0 Å². The lowest BCUT2D eigenvalue weighted by Gasteiger charge is -2.08. The molecule has 0 atom stereocenters. The molecule has 0 aliphatic rings. The van der Waals surface area contributed by atoms with Crippen LogP contribution in [0.2, 0.25) is 0 Å². The van der Waals surface area contributed by atoms with E-state index in [1.165, 1.54) is 0 Å². The molecule has 0 fully saturated rings. The van der Waals surface area contributed by atoms with Gasteiger partial charge in [-0.05, 0) is 59.1 Å². The molecule has 1 aromatic heterocycles. The molecular weight excluding hydrogens is 480 g/mol. The van der Waals surface area contributed by atoms with Gasteiger partial charge in [0.1, 0.15) is 0 Å². The first kappa shape index (κ1) is 27.5. The summed E-state index contributed by atoms with van der Waals surface area (Å²) in [6, 6.07) is 10.7. The monoisotopic (exact) mass is 506 g/mol. The number of hydrogen-bond donors (Lipinski definition) is 0. The zero-order valence-electron chi connectivity index (χ0n) is 20.1. The first-order valence-electron chi connectivity index (χ1n) is 10.4. The Morgan fingerprint density at radius 3 is 1.91 bits per heavy atom. The third kappa shape index (κ3) is 8.18. The molecule has 188 valence electrons. The van der Waals surface area contributed by atoms with Crippen LogP contribution in [0.4, 0.5) is 0 Å². The van der Waals surface area contributed by atoms with E-state index < -0.39 is 11.2 Å². The Bertz CT molecular complexity index is 1130. The highest BCUT2D eigenvalue weighted by Gasteiger charge is 2.16. The average molecular weight is 507 g/mol. The second kappa shape index (κ2) is 13.8. The van der Waals surface area contributed by atoms with E-state index in [4.69, 9.17) is 39.8 Å². The molecule has 0 saturated heterocycles. The second-order valence-corrected chi connectivity index (χ2v) is 7.24. The average Bonchev–Trinajstić information content (AvgIpc) is 3.32. The molecule has 2 aromatic carbocycles. The highest BCUT2D eigenvalue weighted by atomic mass is 35.5. The van der Waals surface area contributed by atoms with E-state index in [1.54, 1.807) is 59.6 Å². The number of benzene rings is 2. The predicted octanol–water partition coefficient (Wildman–Crippen LogP) is 3.87. The predicted molar refractivity (Wildman–Crippen MR) is 127 cm³/mol. The normalized spacial score (nSPS) is 10.0. The molecule has 11 heteroatoms. The Morgan fingerprint density at radius 2 is 1.40 bits per heavy atom. The van der Waals surface area contributed by atoms with Crippen molar-refractivity contribution >= 4 is 22.8 Å². The van der Waals surface area contributed by atoms with Gasteiger partial charge < -0.3 is 28.2 Å². The Hall–Kier alpha value is -3.79. The first-order valence-corrected chi connectivity index (χ1v) is 10.8. The van der Waals surface area contributed by atoms with Gasteiger partial charge in [-0.2, -0.15) is 4.98 Å². The maximum Gasteiger partial charge on any atom is 0.379 e. The second-order valence-electron chi connectivity index (χ2n) is 6.82. The third-order valence-electron chi connectivity index (χ3n) is 4.52. The van der Waals surface area contributed by atoms with E-state index in [1.807, 2.05) is 12.1 Å². The summed E-state index contributed by atoms with van der Waals surface area (Å²) in [5.41, 5.74) is 1.70. The van der Waals surface area contributed by atoms with Gasteiger partial charge in [-0.25, -0.2) is 4.79 Å². The van der Waals surface area contributed by atoms with E-state index in [-0.39, 0.29) is 18.9 Å². The Labute approximate surface area is 208 Å². The topological polar surface area (TPSA) is 119 Å². The van der Waals surface area contributed by atoms with Gasteiger partial charge in [0.15, 0.2) is 23.0 Å². The number of halogens is 1. The summed E-state index contributed by atoms with van der Waals surface area (Å²) in [6.07, 6.45) is 0.578. The number of carbonyl (C=O) groups is 2. The standard InChI is InChI=1S/C14H16N2O5.C10H11ClO3/c1-4-20-14(17)13-15-12(21-16-13)8-9-5-6-10(18-2)11(7-9)19-3;1-13-8-4-3-7(6-10(11)12)5-9(8)14-2/h5-7H,4,8H2,1-3H3;3-5H,6H2,1-2H3. The van der Waals surface area contributed by atoms with Gasteiger partial charge in [0.05, 0.1) is 41.5 Å². The molecule has 0 amide bonds. The Kier molecular flexibility index (Phi) is 10.8. The van der Waals surface area contributed by atoms with Crippen molar-refractivity contribution in [3.05, 3.63) is 59.2 Å². The number of carbonyl (C=O) groups excluding carboxylic acids is 2. The molecule has 0 unspecified atom stereocenters. The van der Waals surface area contributed by atoms with Crippen LogP contribution in [0.3, 0.4) is 0 Å². The molecule has 3 rings (SSSR count). The molecule has 1 heterocycles. The van der Waals surface area contributed by atoms with Crippen LogP contribution in [-0.4, -0.2) is 56.4 Å². The van der Waals surface area contributed by atoms with Gasteiger partial charge in [-0.1, -0.05) is 12.1 Å². The van der Waals surface area contributed by atoms with E-state index in [9.17, 15) is 9.59 Å². The lowest BCUT2D eigenvalue weighted by Crippen LogP contribution is -2.06. The lowest BCUT2D eigenvalue weighted by molar-refractivity contribution is -0.111. The summed E-state index contributed by atoms with van der Waals surface area (Å²) in [7, 11) is 6.24. The van der Waals surface area contributed by atoms with Crippen LogP contribution >= 0.6 is 11.6 Å². The zero-order valence-corrected chi connectivity index (χ0v) is 20.9. The molecule has 10 nitrogen and oxygen atoms in total. The van der Waals surface area contributed by atoms with Gasteiger partial charge in [-0.3, -0.25) is 4.79 Å². The van der Waals surface area contributed by atoms with Crippen LogP contribution in [0.25, 0.3) is 0 Å². The highest BCUT2D eigenvalue weighted by molar-refractivity contribution is 6.63. The summed E-state index contributed by atoms with van der Waals surface area (Å²) in [5.74, 6) is 2.14. The van der Waals surface area contributed by atoms with Crippen molar-refractivity contribution in [3.8, 4) is 23.0 Å². The lowest BCUT2D eigenvalue weighted by atomic mass is 10.1. The van der Waals surface area contributed by atoms with Gasteiger partial charge >= 0.3 is 5.97 Å². The number of hydrogen-bond acceptors (Lipinski definition) is 10. The summed E-state index contributed by atoms with van der Waals surface area (Å²) in [4.78, 5) is 26.1.